The summed E-state index contributed by atoms with van der Waals surface area (Å²) in [6.07, 6.45) is 3.26. The number of fused-ring (bicyclic) bond motifs is 1. The van der Waals surface area contributed by atoms with Crippen LogP contribution in [0.1, 0.15) is 41.6 Å². The van der Waals surface area contributed by atoms with Crippen LogP contribution in [0.4, 0.5) is 0 Å². The molecular weight excluding hydrogens is 589 g/mol. The fourth-order valence-corrected chi connectivity index (χ4v) is 6.13. The SMILES string of the molecule is Cc1ccc2c(C)c(CCC(=O)N3CCC(C(=O)NCc4cn(-c5c(Cl)cc(Cl)cc5Cl)nn4)CC3)c(=O)oc2c1. The van der Waals surface area contributed by atoms with Crippen molar-refractivity contribution in [2.24, 2.45) is 5.92 Å². The summed E-state index contributed by atoms with van der Waals surface area (Å²) < 4.78 is 6.96. The van der Waals surface area contributed by atoms with E-state index >= 15 is 0 Å². The summed E-state index contributed by atoms with van der Waals surface area (Å²) in [5, 5.41) is 13.0. The van der Waals surface area contributed by atoms with E-state index in [0.29, 0.717) is 69.9 Å². The number of amides is 2. The van der Waals surface area contributed by atoms with Crippen molar-refractivity contribution < 1.29 is 14.0 Å². The predicted molar refractivity (Wildman–Crippen MR) is 158 cm³/mol. The average molecular weight is 617 g/mol. The lowest BCUT2D eigenvalue weighted by atomic mass is 9.95. The normalized spacial score (nSPS) is 14.0. The summed E-state index contributed by atoms with van der Waals surface area (Å²) in [6, 6.07) is 8.88. The molecule has 0 unspecified atom stereocenters. The molecule has 0 bridgehead atoms. The maximum absolute atomic E-state index is 12.9. The first-order chi connectivity index (χ1) is 19.6. The largest absolute Gasteiger partial charge is 0.423 e. The number of aryl methyl sites for hydroxylation is 2. The van der Waals surface area contributed by atoms with Gasteiger partial charge < -0.3 is 14.6 Å². The van der Waals surface area contributed by atoms with Crippen LogP contribution >= 0.6 is 34.8 Å². The summed E-state index contributed by atoms with van der Waals surface area (Å²) in [6.45, 7) is 4.98. The minimum absolute atomic E-state index is 0.0391. The molecule has 0 aliphatic carbocycles. The number of hydrogen-bond acceptors (Lipinski definition) is 6. The second kappa shape index (κ2) is 12.2. The highest BCUT2D eigenvalue weighted by molar-refractivity contribution is 6.40. The number of carbonyl (C=O) groups is 2. The van der Waals surface area contributed by atoms with Crippen molar-refractivity contribution in [1.29, 1.82) is 0 Å². The highest BCUT2D eigenvalue weighted by Gasteiger charge is 2.27. The smallest absolute Gasteiger partial charge is 0.339 e. The molecule has 0 atom stereocenters. The monoisotopic (exact) mass is 615 g/mol. The lowest BCUT2D eigenvalue weighted by molar-refractivity contribution is -0.135. The van der Waals surface area contributed by atoms with Crippen LogP contribution in [0.3, 0.4) is 0 Å². The Hall–Kier alpha value is -3.40. The number of likely N-dealkylation sites (tertiary alicyclic amines) is 1. The number of hydrogen-bond donors (Lipinski definition) is 1. The maximum Gasteiger partial charge on any atom is 0.339 e. The maximum atomic E-state index is 12.9. The van der Waals surface area contributed by atoms with Gasteiger partial charge in [-0.15, -0.1) is 5.10 Å². The van der Waals surface area contributed by atoms with Gasteiger partial charge in [0.2, 0.25) is 11.8 Å². The van der Waals surface area contributed by atoms with Gasteiger partial charge in [0.15, 0.2) is 0 Å². The third-order valence-electron chi connectivity index (χ3n) is 7.45. The van der Waals surface area contributed by atoms with Crippen molar-refractivity contribution in [2.45, 2.75) is 46.1 Å². The molecule has 2 amide bonds. The molecule has 4 aromatic rings. The van der Waals surface area contributed by atoms with E-state index in [4.69, 9.17) is 39.2 Å². The van der Waals surface area contributed by atoms with Gasteiger partial charge in [-0.3, -0.25) is 9.59 Å². The molecule has 1 saturated heterocycles. The molecule has 5 rings (SSSR count). The van der Waals surface area contributed by atoms with E-state index in [1.807, 2.05) is 32.0 Å². The highest BCUT2D eigenvalue weighted by Crippen LogP contribution is 2.31. The van der Waals surface area contributed by atoms with E-state index in [9.17, 15) is 14.4 Å². The van der Waals surface area contributed by atoms with Gasteiger partial charge in [-0.25, -0.2) is 9.48 Å². The molecule has 1 N–H and O–H groups in total. The zero-order chi connectivity index (χ0) is 29.3. The first kappa shape index (κ1) is 29.1. The Bertz CT molecular complexity index is 1670. The summed E-state index contributed by atoms with van der Waals surface area (Å²) >= 11 is 18.5. The van der Waals surface area contributed by atoms with E-state index in [2.05, 4.69) is 15.6 Å². The van der Waals surface area contributed by atoms with Gasteiger partial charge >= 0.3 is 5.63 Å². The van der Waals surface area contributed by atoms with E-state index in [1.54, 1.807) is 23.2 Å². The number of benzene rings is 2. The third-order valence-corrected chi connectivity index (χ3v) is 8.24. The van der Waals surface area contributed by atoms with Gasteiger partial charge in [-0.2, -0.15) is 0 Å². The zero-order valence-electron chi connectivity index (χ0n) is 22.5. The van der Waals surface area contributed by atoms with E-state index in [0.717, 1.165) is 16.5 Å². The first-order valence-electron chi connectivity index (χ1n) is 13.2. The Balaban J connectivity index is 1.11. The molecule has 41 heavy (non-hydrogen) atoms. The molecule has 0 radical (unpaired) electrons. The minimum Gasteiger partial charge on any atom is -0.423 e. The van der Waals surface area contributed by atoms with Crippen LogP contribution < -0.4 is 10.9 Å². The molecule has 1 fully saturated rings. The van der Waals surface area contributed by atoms with Gasteiger partial charge in [-0.05, 0) is 62.4 Å². The summed E-state index contributed by atoms with van der Waals surface area (Å²) in [4.78, 5) is 40.1. The van der Waals surface area contributed by atoms with Crippen LogP contribution in [0.25, 0.3) is 16.7 Å². The quantitative estimate of drug-likeness (QED) is 0.277. The Kier molecular flexibility index (Phi) is 8.68. The van der Waals surface area contributed by atoms with Crippen molar-refractivity contribution in [2.75, 3.05) is 13.1 Å². The lowest BCUT2D eigenvalue weighted by Gasteiger charge is -2.31. The fourth-order valence-electron chi connectivity index (χ4n) is 5.14. The van der Waals surface area contributed by atoms with Crippen LogP contribution in [-0.2, 0) is 22.6 Å². The molecule has 12 heteroatoms. The summed E-state index contributed by atoms with van der Waals surface area (Å²) in [5.74, 6) is -0.357. The minimum atomic E-state index is -0.400. The topological polar surface area (TPSA) is 110 Å². The lowest BCUT2D eigenvalue weighted by Crippen LogP contribution is -2.43. The molecule has 2 aromatic heterocycles. The van der Waals surface area contributed by atoms with E-state index in [-0.39, 0.29) is 30.7 Å². The number of halogens is 3. The second-order valence-corrected chi connectivity index (χ2v) is 11.5. The van der Waals surface area contributed by atoms with Crippen LogP contribution in [-0.4, -0.2) is 44.8 Å². The zero-order valence-corrected chi connectivity index (χ0v) is 24.8. The third kappa shape index (κ3) is 6.42. The summed E-state index contributed by atoms with van der Waals surface area (Å²) in [7, 11) is 0. The molecule has 2 aromatic carbocycles. The van der Waals surface area contributed by atoms with Crippen molar-refractivity contribution in [3.8, 4) is 5.69 Å². The van der Waals surface area contributed by atoms with Crippen molar-refractivity contribution in [1.82, 2.24) is 25.2 Å². The van der Waals surface area contributed by atoms with E-state index < -0.39 is 5.63 Å². The standard InChI is InChI=1S/C29H28Cl3N5O4/c1-16-3-4-21-17(2)22(29(40)41-25(21)11-16)5-6-26(38)36-9-7-18(8-10-36)28(39)33-14-20-15-37(35-34-20)27-23(31)12-19(30)13-24(27)32/h3-4,11-13,15,18H,5-10,14H2,1-2H3,(H,33,39). The van der Waals surface area contributed by atoms with Gasteiger partial charge in [0, 0.05) is 41.4 Å². The molecule has 0 spiro atoms. The number of rotatable bonds is 7. The number of nitrogens with one attached hydrogen (secondary N) is 1. The first-order valence-corrected chi connectivity index (χ1v) is 14.4. The second-order valence-electron chi connectivity index (χ2n) is 10.2. The Morgan fingerprint density at radius 2 is 1.78 bits per heavy atom. The average Bonchev–Trinajstić information content (AvgIpc) is 3.39. The Labute approximate surface area is 251 Å². The van der Waals surface area contributed by atoms with Gasteiger partial charge in [0.05, 0.1) is 22.8 Å². The molecular formula is C29H28Cl3N5O4. The van der Waals surface area contributed by atoms with Gasteiger partial charge in [-0.1, -0.05) is 52.1 Å². The molecule has 0 saturated carbocycles. The van der Waals surface area contributed by atoms with Crippen molar-refractivity contribution >= 4 is 57.6 Å². The van der Waals surface area contributed by atoms with Crippen LogP contribution in [0, 0.1) is 19.8 Å². The molecule has 9 nitrogen and oxygen atoms in total. The molecule has 214 valence electrons. The number of carbonyl (C=O) groups excluding carboxylic acids is 2. The Morgan fingerprint density at radius 1 is 1.07 bits per heavy atom. The highest BCUT2D eigenvalue weighted by atomic mass is 35.5. The Morgan fingerprint density at radius 3 is 2.49 bits per heavy atom. The number of aromatic nitrogens is 3. The van der Waals surface area contributed by atoms with E-state index in [1.165, 1.54) is 4.68 Å². The van der Waals surface area contributed by atoms with Gasteiger partial charge in [0.1, 0.15) is 17.0 Å². The van der Waals surface area contributed by atoms with Crippen LogP contribution in [0.5, 0.6) is 0 Å². The number of piperidine rings is 1. The molecule has 1 aliphatic rings. The molecule has 3 heterocycles. The summed E-state index contributed by atoms with van der Waals surface area (Å²) in [5.41, 5.74) is 3.53. The van der Waals surface area contributed by atoms with Gasteiger partial charge in [0.25, 0.3) is 0 Å². The van der Waals surface area contributed by atoms with Crippen LogP contribution in [0.2, 0.25) is 15.1 Å². The molecule has 1 aliphatic heterocycles. The van der Waals surface area contributed by atoms with Crippen LogP contribution in [0.15, 0.2) is 45.7 Å². The van der Waals surface area contributed by atoms with Crippen molar-refractivity contribution in [3.05, 3.63) is 84.4 Å². The fraction of sp³-hybridized carbons (Fsp3) is 0.345. The predicted octanol–water partition coefficient (Wildman–Crippen LogP) is 5.44. The number of nitrogens with zero attached hydrogens (tertiary/aromatic N) is 4. The van der Waals surface area contributed by atoms with Crippen molar-refractivity contribution in [3.63, 3.8) is 0 Å².